The van der Waals surface area contributed by atoms with Crippen LogP contribution in [0.25, 0.3) is 0 Å². The molecular formula is C12H15N5O2. The third-order valence-electron chi connectivity index (χ3n) is 2.70. The summed E-state index contributed by atoms with van der Waals surface area (Å²) in [7, 11) is 1.73. The highest BCUT2D eigenvalue weighted by atomic mass is 16.2. The number of benzene rings is 1. The fourth-order valence-corrected chi connectivity index (χ4v) is 1.80. The number of nitrogens with zero attached hydrogens (tertiary/aromatic N) is 2. The van der Waals surface area contributed by atoms with Crippen molar-refractivity contribution in [3.63, 3.8) is 0 Å². The van der Waals surface area contributed by atoms with E-state index >= 15 is 0 Å². The molecule has 100 valence electrons. The Hall–Kier alpha value is -2.41. The Bertz CT molecular complexity index is 676. The average Bonchev–Trinajstić information content (AvgIpc) is 2.38. The van der Waals surface area contributed by atoms with Crippen LogP contribution in [0.4, 0.5) is 5.82 Å². The van der Waals surface area contributed by atoms with Gasteiger partial charge >= 0.3 is 5.69 Å². The molecule has 0 atom stereocenters. The molecule has 0 spiro atoms. The number of H-pyrrole nitrogens is 2. The van der Waals surface area contributed by atoms with Crippen LogP contribution in [-0.4, -0.2) is 22.2 Å². The minimum Gasteiger partial charge on any atom is -0.349 e. The van der Waals surface area contributed by atoms with E-state index in [-0.39, 0.29) is 5.82 Å². The normalized spacial score (nSPS) is 10.4. The van der Waals surface area contributed by atoms with E-state index in [1.54, 1.807) is 11.9 Å². The van der Waals surface area contributed by atoms with Crippen LogP contribution in [0.15, 0.2) is 33.9 Å². The van der Waals surface area contributed by atoms with E-state index in [0.717, 1.165) is 11.1 Å². The van der Waals surface area contributed by atoms with Crippen LogP contribution < -0.4 is 21.9 Å². The standard InChI is InChI=1S/C12H15N5O2/c1-17(10-11(18)14-12(19)16-15-10)7-9-4-2-3-8(5-9)6-13/h2-5H,6-7,13H2,1H3,(H2,14,16,18,19). The lowest BCUT2D eigenvalue weighted by atomic mass is 10.1. The lowest BCUT2D eigenvalue weighted by Crippen LogP contribution is -2.32. The van der Waals surface area contributed by atoms with Crippen LogP contribution in [0.3, 0.4) is 0 Å². The zero-order valence-corrected chi connectivity index (χ0v) is 10.5. The molecule has 2 rings (SSSR count). The summed E-state index contributed by atoms with van der Waals surface area (Å²) in [6.07, 6.45) is 0. The number of hydrogen-bond donors (Lipinski definition) is 3. The molecule has 0 aliphatic carbocycles. The van der Waals surface area contributed by atoms with Gasteiger partial charge in [0.2, 0.25) is 5.82 Å². The maximum absolute atomic E-state index is 11.6. The van der Waals surface area contributed by atoms with E-state index in [0.29, 0.717) is 13.1 Å². The van der Waals surface area contributed by atoms with Crippen LogP contribution in [0.2, 0.25) is 0 Å². The van der Waals surface area contributed by atoms with Gasteiger partial charge in [-0.25, -0.2) is 9.89 Å². The first-order valence-corrected chi connectivity index (χ1v) is 5.78. The quantitative estimate of drug-likeness (QED) is 0.691. The molecule has 0 bridgehead atoms. The number of aromatic amines is 2. The molecule has 7 nitrogen and oxygen atoms in total. The molecular weight excluding hydrogens is 246 g/mol. The SMILES string of the molecule is CN(Cc1cccc(CN)c1)c1n[nH]c(=O)[nH]c1=O. The molecule has 7 heteroatoms. The predicted octanol–water partition coefficient (Wildman–Crippen LogP) is -0.447. The van der Waals surface area contributed by atoms with E-state index in [9.17, 15) is 9.59 Å². The molecule has 0 fully saturated rings. The van der Waals surface area contributed by atoms with Crippen LogP contribution in [0, 0.1) is 0 Å². The second kappa shape index (κ2) is 5.49. The van der Waals surface area contributed by atoms with Crippen LogP contribution in [0.1, 0.15) is 11.1 Å². The smallest absolute Gasteiger partial charge is 0.342 e. The summed E-state index contributed by atoms with van der Waals surface area (Å²) in [5.41, 5.74) is 6.48. The molecule has 4 N–H and O–H groups in total. The van der Waals surface area contributed by atoms with E-state index in [4.69, 9.17) is 5.73 Å². The molecule has 0 aliphatic heterocycles. The Balaban J connectivity index is 2.22. The number of hydrogen-bond acceptors (Lipinski definition) is 5. The summed E-state index contributed by atoms with van der Waals surface area (Å²) in [6, 6.07) is 7.76. The maximum Gasteiger partial charge on any atom is 0.342 e. The van der Waals surface area contributed by atoms with Crippen molar-refractivity contribution >= 4 is 5.82 Å². The number of rotatable bonds is 4. The Morgan fingerprint density at radius 3 is 2.74 bits per heavy atom. The van der Waals surface area contributed by atoms with Crippen molar-refractivity contribution in [3.8, 4) is 0 Å². The van der Waals surface area contributed by atoms with Crippen LogP contribution >= 0.6 is 0 Å². The molecule has 0 aliphatic rings. The summed E-state index contributed by atoms with van der Waals surface area (Å²) < 4.78 is 0. The third-order valence-corrected chi connectivity index (χ3v) is 2.70. The molecule has 0 unspecified atom stereocenters. The van der Waals surface area contributed by atoms with E-state index in [2.05, 4.69) is 15.2 Å². The van der Waals surface area contributed by atoms with Gasteiger partial charge < -0.3 is 10.6 Å². The molecule has 2 aromatic rings. The van der Waals surface area contributed by atoms with E-state index < -0.39 is 11.2 Å². The van der Waals surface area contributed by atoms with Crippen molar-refractivity contribution < 1.29 is 0 Å². The lowest BCUT2D eigenvalue weighted by Gasteiger charge is -2.16. The second-order valence-electron chi connectivity index (χ2n) is 4.21. The maximum atomic E-state index is 11.6. The highest BCUT2D eigenvalue weighted by Crippen LogP contribution is 2.09. The highest BCUT2D eigenvalue weighted by Gasteiger charge is 2.09. The van der Waals surface area contributed by atoms with Gasteiger partial charge in [-0.3, -0.25) is 9.78 Å². The summed E-state index contributed by atoms with van der Waals surface area (Å²) in [5.74, 6) is 0.165. The highest BCUT2D eigenvalue weighted by molar-refractivity contribution is 5.35. The van der Waals surface area contributed by atoms with Gasteiger partial charge in [0.1, 0.15) is 0 Å². The van der Waals surface area contributed by atoms with Gasteiger partial charge in [-0.15, -0.1) is 5.10 Å². The van der Waals surface area contributed by atoms with Crippen molar-refractivity contribution in [1.82, 2.24) is 15.2 Å². The molecule has 0 saturated heterocycles. The fraction of sp³-hybridized carbons (Fsp3) is 0.250. The predicted molar refractivity (Wildman–Crippen MR) is 71.9 cm³/mol. The lowest BCUT2D eigenvalue weighted by molar-refractivity contribution is 0.812. The Labute approximate surface area is 109 Å². The van der Waals surface area contributed by atoms with Crippen molar-refractivity contribution in [2.75, 3.05) is 11.9 Å². The van der Waals surface area contributed by atoms with Gasteiger partial charge in [0, 0.05) is 20.1 Å². The molecule has 1 aromatic carbocycles. The number of anilines is 1. The fourth-order valence-electron chi connectivity index (χ4n) is 1.80. The van der Waals surface area contributed by atoms with Crippen molar-refractivity contribution in [2.45, 2.75) is 13.1 Å². The summed E-state index contributed by atoms with van der Waals surface area (Å²) in [5, 5.41) is 5.94. The molecule has 1 heterocycles. The first kappa shape index (κ1) is 13.0. The summed E-state index contributed by atoms with van der Waals surface area (Å²) in [4.78, 5) is 26.3. The minimum absolute atomic E-state index is 0.165. The molecule has 1 aromatic heterocycles. The Kier molecular flexibility index (Phi) is 3.76. The largest absolute Gasteiger partial charge is 0.349 e. The Morgan fingerprint density at radius 1 is 1.32 bits per heavy atom. The third kappa shape index (κ3) is 3.08. The molecule has 0 radical (unpaired) electrons. The van der Waals surface area contributed by atoms with E-state index in [1.165, 1.54) is 0 Å². The van der Waals surface area contributed by atoms with Gasteiger partial charge in [-0.1, -0.05) is 24.3 Å². The topological polar surface area (TPSA) is 108 Å². The van der Waals surface area contributed by atoms with Crippen molar-refractivity contribution in [3.05, 3.63) is 56.2 Å². The number of nitrogens with two attached hydrogens (primary N) is 1. The van der Waals surface area contributed by atoms with Crippen molar-refractivity contribution in [2.24, 2.45) is 5.73 Å². The summed E-state index contributed by atoms with van der Waals surface area (Å²) in [6.45, 7) is 0.963. The summed E-state index contributed by atoms with van der Waals surface area (Å²) >= 11 is 0. The van der Waals surface area contributed by atoms with Crippen molar-refractivity contribution in [1.29, 1.82) is 0 Å². The molecule has 0 saturated carbocycles. The first-order chi connectivity index (χ1) is 9.10. The second-order valence-corrected chi connectivity index (χ2v) is 4.21. The van der Waals surface area contributed by atoms with Gasteiger partial charge in [0.05, 0.1) is 0 Å². The van der Waals surface area contributed by atoms with Gasteiger partial charge in [-0.05, 0) is 11.1 Å². The van der Waals surface area contributed by atoms with Gasteiger partial charge in [-0.2, -0.15) is 0 Å². The van der Waals surface area contributed by atoms with Crippen LogP contribution in [-0.2, 0) is 13.1 Å². The van der Waals surface area contributed by atoms with Gasteiger partial charge in [0.15, 0.2) is 0 Å². The average molecular weight is 261 g/mol. The van der Waals surface area contributed by atoms with E-state index in [1.807, 2.05) is 24.3 Å². The minimum atomic E-state index is -0.618. The molecule has 0 amide bonds. The number of nitrogens with one attached hydrogen (secondary N) is 2. The van der Waals surface area contributed by atoms with Gasteiger partial charge in [0.25, 0.3) is 5.56 Å². The molecule has 19 heavy (non-hydrogen) atoms. The monoisotopic (exact) mass is 261 g/mol. The number of aromatic nitrogens is 3. The zero-order chi connectivity index (χ0) is 13.8. The van der Waals surface area contributed by atoms with Crippen LogP contribution in [0.5, 0.6) is 0 Å². The first-order valence-electron chi connectivity index (χ1n) is 5.78. The zero-order valence-electron chi connectivity index (χ0n) is 10.5. The Morgan fingerprint density at radius 2 is 2.05 bits per heavy atom.